The SMILES string of the molecule is O=C(Nc1cc2cn(C3CCC(CO)CC3)nc2cc1C(=O)O)c1cccc(C(F)(F)F)n1. The van der Waals surface area contributed by atoms with E-state index in [-0.39, 0.29) is 29.8 Å². The number of alkyl halides is 3. The Balaban J connectivity index is 1.62. The fourth-order valence-electron chi connectivity index (χ4n) is 4.06. The maximum absolute atomic E-state index is 12.9. The van der Waals surface area contributed by atoms with Gasteiger partial charge in [-0.3, -0.25) is 9.48 Å². The fraction of sp³-hybridized carbons (Fsp3) is 0.364. The minimum absolute atomic E-state index is 0.0669. The van der Waals surface area contributed by atoms with E-state index in [1.807, 2.05) is 0 Å². The van der Waals surface area contributed by atoms with Crippen molar-refractivity contribution in [3.63, 3.8) is 0 Å². The van der Waals surface area contributed by atoms with Crippen LogP contribution in [0.2, 0.25) is 0 Å². The van der Waals surface area contributed by atoms with E-state index in [9.17, 15) is 33.0 Å². The zero-order chi connectivity index (χ0) is 23.8. The van der Waals surface area contributed by atoms with Gasteiger partial charge in [-0.1, -0.05) is 6.07 Å². The van der Waals surface area contributed by atoms with E-state index in [0.29, 0.717) is 10.9 Å². The zero-order valence-corrected chi connectivity index (χ0v) is 17.3. The summed E-state index contributed by atoms with van der Waals surface area (Å²) in [4.78, 5) is 27.7. The second-order valence-corrected chi connectivity index (χ2v) is 8.09. The number of aromatic nitrogens is 3. The van der Waals surface area contributed by atoms with Gasteiger partial charge in [0.1, 0.15) is 11.4 Å². The molecule has 3 aromatic rings. The monoisotopic (exact) mass is 462 g/mol. The van der Waals surface area contributed by atoms with Crippen LogP contribution in [-0.2, 0) is 6.18 Å². The van der Waals surface area contributed by atoms with E-state index in [0.717, 1.165) is 43.9 Å². The summed E-state index contributed by atoms with van der Waals surface area (Å²) in [6, 6.07) is 5.79. The molecule has 4 rings (SSSR count). The molecule has 1 aliphatic rings. The van der Waals surface area contributed by atoms with Crippen LogP contribution in [0.25, 0.3) is 10.9 Å². The summed E-state index contributed by atoms with van der Waals surface area (Å²) in [5.41, 5.74) is -1.59. The zero-order valence-electron chi connectivity index (χ0n) is 17.3. The first-order valence-electron chi connectivity index (χ1n) is 10.4. The lowest BCUT2D eigenvalue weighted by Crippen LogP contribution is -2.20. The lowest BCUT2D eigenvalue weighted by Gasteiger charge is -2.27. The molecule has 3 N–H and O–H groups in total. The van der Waals surface area contributed by atoms with Crippen molar-refractivity contribution < 1.29 is 33.0 Å². The number of pyridine rings is 1. The van der Waals surface area contributed by atoms with Gasteiger partial charge < -0.3 is 15.5 Å². The Morgan fingerprint density at radius 2 is 1.88 bits per heavy atom. The number of carbonyl (C=O) groups excluding carboxylic acids is 1. The van der Waals surface area contributed by atoms with Crippen LogP contribution in [0, 0.1) is 5.92 Å². The molecule has 174 valence electrons. The maximum atomic E-state index is 12.9. The lowest BCUT2D eigenvalue weighted by molar-refractivity contribution is -0.141. The smallest absolute Gasteiger partial charge is 0.433 e. The van der Waals surface area contributed by atoms with Gasteiger partial charge in [-0.15, -0.1) is 0 Å². The van der Waals surface area contributed by atoms with Crippen LogP contribution in [0.5, 0.6) is 0 Å². The number of rotatable bonds is 5. The Morgan fingerprint density at radius 3 is 2.52 bits per heavy atom. The van der Waals surface area contributed by atoms with Crippen molar-refractivity contribution in [3.8, 4) is 0 Å². The number of hydrogen-bond donors (Lipinski definition) is 3. The third-order valence-electron chi connectivity index (χ3n) is 5.86. The second kappa shape index (κ2) is 8.81. The molecule has 1 saturated carbocycles. The van der Waals surface area contributed by atoms with Gasteiger partial charge in [0.15, 0.2) is 0 Å². The highest BCUT2D eigenvalue weighted by Gasteiger charge is 2.33. The number of nitrogens with zero attached hydrogens (tertiary/aromatic N) is 3. The predicted octanol–water partition coefficient (Wildman–Crippen LogP) is 4.12. The summed E-state index contributed by atoms with van der Waals surface area (Å²) in [7, 11) is 0. The van der Waals surface area contributed by atoms with Gasteiger partial charge in [-0.05, 0) is 55.9 Å². The van der Waals surface area contributed by atoms with Crippen molar-refractivity contribution in [2.24, 2.45) is 5.92 Å². The van der Waals surface area contributed by atoms with Crippen LogP contribution < -0.4 is 5.32 Å². The van der Waals surface area contributed by atoms with Gasteiger partial charge in [0.2, 0.25) is 0 Å². The van der Waals surface area contributed by atoms with Crippen LogP contribution in [0.3, 0.4) is 0 Å². The lowest BCUT2D eigenvalue weighted by atomic mass is 9.87. The fourth-order valence-corrected chi connectivity index (χ4v) is 4.06. The minimum Gasteiger partial charge on any atom is -0.478 e. The molecular weight excluding hydrogens is 441 g/mol. The van der Waals surface area contributed by atoms with E-state index in [1.54, 1.807) is 10.9 Å². The van der Waals surface area contributed by atoms with E-state index >= 15 is 0 Å². The molecule has 0 spiro atoms. The van der Waals surface area contributed by atoms with Gasteiger partial charge >= 0.3 is 12.1 Å². The molecule has 0 aliphatic heterocycles. The van der Waals surface area contributed by atoms with Gasteiger partial charge in [0, 0.05) is 18.2 Å². The number of anilines is 1. The average molecular weight is 462 g/mol. The highest BCUT2D eigenvalue weighted by molar-refractivity contribution is 6.08. The molecule has 1 amide bonds. The molecule has 2 heterocycles. The molecule has 0 bridgehead atoms. The number of hydrogen-bond acceptors (Lipinski definition) is 5. The van der Waals surface area contributed by atoms with Gasteiger partial charge in [0.25, 0.3) is 5.91 Å². The van der Waals surface area contributed by atoms with Crippen molar-refractivity contribution >= 4 is 28.5 Å². The van der Waals surface area contributed by atoms with E-state index < -0.39 is 29.4 Å². The number of carboxylic acids is 1. The summed E-state index contributed by atoms with van der Waals surface area (Å²) in [6.07, 6.45) is 0.424. The maximum Gasteiger partial charge on any atom is 0.433 e. The quantitative estimate of drug-likeness (QED) is 0.525. The largest absolute Gasteiger partial charge is 0.478 e. The summed E-state index contributed by atoms with van der Waals surface area (Å²) in [5, 5.41) is 26.3. The Hall–Kier alpha value is -3.47. The summed E-state index contributed by atoms with van der Waals surface area (Å²) in [6.45, 7) is 0.152. The Bertz CT molecular complexity index is 1200. The van der Waals surface area contributed by atoms with Crippen molar-refractivity contribution in [3.05, 3.63) is 53.5 Å². The molecule has 1 fully saturated rings. The van der Waals surface area contributed by atoms with Crippen LogP contribution in [0.4, 0.5) is 18.9 Å². The van der Waals surface area contributed by atoms with Crippen molar-refractivity contribution in [1.29, 1.82) is 0 Å². The van der Waals surface area contributed by atoms with Crippen molar-refractivity contribution in [1.82, 2.24) is 14.8 Å². The number of aliphatic hydroxyl groups excluding tert-OH is 1. The van der Waals surface area contributed by atoms with E-state index in [2.05, 4.69) is 15.4 Å². The van der Waals surface area contributed by atoms with Gasteiger partial charge in [-0.2, -0.15) is 18.3 Å². The van der Waals surface area contributed by atoms with Crippen LogP contribution >= 0.6 is 0 Å². The van der Waals surface area contributed by atoms with Crippen molar-refractivity contribution in [2.75, 3.05) is 11.9 Å². The Labute approximate surface area is 186 Å². The molecule has 33 heavy (non-hydrogen) atoms. The molecule has 1 aromatic carbocycles. The minimum atomic E-state index is -4.72. The number of aromatic carboxylic acids is 1. The van der Waals surface area contributed by atoms with Crippen molar-refractivity contribution in [2.45, 2.75) is 37.9 Å². The number of halogens is 3. The first-order chi connectivity index (χ1) is 15.7. The summed E-state index contributed by atoms with van der Waals surface area (Å²) >= 11 is 0. The number of nitrogens with one attached hydrogen (secondary N) is 1. The number of fused-ring (bicyclic) bond motifs is 1. The molecule has 0 unspecified atom stereocenters. The highest BCUT2D eigenvalue weighted by Crippen LogP contribution is 2.33. The second-order valence-electron chi connectivity index (χ2n) is 8.09. The number of amides is 1. The normalized spacial score (nSPS) is 18.9. The number of aliphatic hydroxyl groups is 1. The van der Waals surface area contributed by atoms with Gasteiger partial charge in [-0.25, -0.2) is 9.78 Å². The number of carboxylic acid groups (broad SMARTS) is 1. The molecule has 11 heteroatoms. The molecule has 8 nitrogen and oxygen atoms in total. The number of carbonyl (C=O) groups is 2. The topological polar surface area (TPSA) is 117 Å². The molecule has 1 aliphatic carbocycles. The highest BCUT2D eigenvalue weighted by atomic mass is 19.4. The van der Waals surface area contributed by atoms with E-state index in [4.69, 9.17) is 0 Å². The first kappa shape index (κ1) is 22.7. The third kappa shape index (κ3) is 4.82. The van der Waals surface area contributed by atoms with E-state index in [1.165, 1.54) is 12.1 Å². The predicted molar refractivity (Wildman–Crippen MR) is 112 cm³/mol. The van der Waals surface area contributed by atoms with Crippen LogP contribution in [0.1, 0.15) is 58.3 Å². The average Bonchev–Trinajstić information content (AvgIpc) is 3.21. The standard InChI is InChI=1S/C22H21F3N4O4/c23-22(24,25)19-3-1-2-16(26-19)20(31)27-18-8-13-10-29(14-6-4-12(11-30)5-7-14)28-17(13)9-15(18)21(32)33/h1-3,8-10,12,14,30H,4-7,11H2,(H,27,31)(H,32,33). The van der Waals surface area contributed by atoms with Gasteiger partial charge in [0.05, 0.1) is 22.8 Å². The molecule has 2 aromatic heterocycles. The molecule has 0 radical (unpaired) electrons. The Kier molecular flexibility index (Phi) is 6.07. The first-order valence-corrected chi connectivity index (χ1v) is 10.4. The molecule has 0 saturated heterocycles. The number of benzene rings is 1. The third-order valence-corrected chi connectivity index (χ3v) is 5.86. The summed E-state index contributed by atoms with van der Waals surface area (Å²) < 4.78 is 40.5. The summed E-state index contributed by atoms with van der Waals surface area (Å²) in [5.74, 6) is -2.00. The van der Waals surface area contributed by atoms with Crippen LogP contribution in [-0.4, -0.2) is 43.5 Å². The molecular formula is C22H21F3N4O4. The molecule has 0 atom stereocenters. The van der Waals surface area contributed by atoms with Crippen LogP contribution in [0.15, 0.2) is 36.5 Å². The Morgan fingerprint density at radius 1 is 1.15 bits per heavy atom.